The van der Waals surface area contributed by atoms with E-state index in [2.05, 4.69) is 17.0 Å². The Morgan fingerprint density at radius 1 is 1.45 bits per heavy atom. The van der Waals surface area contributed by atoms with Crippen molar-refractivity contribution in [2.75, 3.05) is 4.90 Å². The molecule has 106 valence electrons. The molecule has 0 radical (unpaired) electrons. The van der Waals surface area contributed by atoms with Crippen LogP contribution >= 0.6 is 11.6 Å². The van der Waals surface area contributed by atoms with Crippen molar-refractivity contribution in [2.24, 2.45) is 0 Å². The number of carbonyl (C=O) groups excluding carboxylic acids is 1. The fourth-order valence-electron chi connectivity index (χ4n) is 2.17. The van der Waals surface area contributed by atoms with E-state index in [1.165, 1.54) is 13.3 Å². The SMILES string of the molecule is CCc1ccc(Cl)c(C)c1N(Cn1cncn1)C(C)=O. The molecule has 1 aromatic carbocycles. The van der Waals surface area contributed by atoms with Crippen LogP contribution in [-0.2, 0) is 17.9 Å². The summed E-state index contributed by atoms with van der Waals surface area (Å²) in [5.41, 5.74) is 2.85. The van der Waals surface area contributed by atoms with Gasteiger partial charge in [0, 0.05) is 11.9 Å². The van der Waals surface area contributed by atoms with Gasteiger partial charge in [-0.25, -0.2) is 9.67 Å². The molecule has 0 N–H and O–H groups in total. The number of aryl methyl sites for hydroxylation is 1. The van der Waals surface area contributed by atoms with E-state index in [4.69, 9.17) is 11.6 Å². The Kier molecular flexibility index (Phi) is 4.39. The van der Waals surface area contributed by atoms with Crippen molar-refractivity contribution in [3.8, 4) is 0 Å². The summed E-state index contributed by atoms with van der Waals surface area (Å²) < 4.78 is 1.61. The van der Waals surface area contributed by atoms with Crippen LogP contribution in [0.4, 0.5) is 5.69 Å². The molecule has 0 aliphatic heterocycles. The van der Waals surface area contributed by atoms with E-state index >= 15 is 0 Å². The van der Waals surface area contributed by atoms with Gasteiger partial charge in [-0.2, -0.15) is 5.10 Å². The minimum Gasteiger partial charge on any atom is -0.292 e. The second kappa shape index (κ2) is 6.05. The predicted molar refractivity (Wildman–Crippen MR) is 78.7 cm³/mol. The molecule has 2 rings (SSSR count). The summed E-state index contributed by atoms with van der Waals surface area (Å²) in [5.74, 6) is -0.0550. The predicted octanol–water partition coefficient (Wildman–Crippen LogP) is 2.81. The van der Waals surface area contributed by atoms with Crippen LogP contribution in [0, 0.1) is 6.92 Å². The first-order valence-electron chi connectivity index (χ1n) is 6.43. The molecule has 0 atom stereocenters. The number of amides is 1. The molecule has 2 aromatic rings. The quantitative estimate of drug-likeness (QED) is 0.871. The minimum absolute atomic E-state index is 0.0550. The molecular weight excluding hydrogens is 276 g/mol. The van der Waals surface area contributed by atoms with Crippen LogP contribution in [0.3, 0.4) is 0 Å². The monoisotopic (exact) mass is 292 g/mol. The van der Waals surface area contributed by atoms with E-state index in [1.54, 1.807) is 15.9 Å². The summed E-state index contributed by atoms with van der Waals surface area (Å²) in [6, 6.07) is 3.83. The van der Waals surface area contributed by atoms with Crippen molar-refractivity contribution in [3.05, 3.63) is 40.9 Å². The molecule has 20 heavy (non-hydrogen) atoms. The van der Waals surface area contributed by atoms with Crippen LogP contribution in [-0.4, -0.2) is 20.7 Å². The molecule has 6 heteroatoms. The van der Waals surface area contributed by atoms with Crippen LogP contribution in [0.5, 0.6) is 0 Å². The smallest absolute Gasteiger partial charge is 0.225 e. The molecule has 1 aromatic heterocycles. The zero-order chi connectivity index (χ0) is 14.7. The molecule has 1 amide bonds. The molecular formula is C14H17ClN4O. The van der Waals surface area contributed by atoms with E-state index in [1.807, 2.05) is 19.1 Å². The lowest BCUT2D eigenvalue weighted by Crippen LogP contribution is -2.32. The highest BCUT2D eigenvalue weighted by molar-refractivity contribution is 6.31. The Bertz CT molecular complexity index is 610. The summed E-state index contributed by atoms with van der Waals surface area (Å²) in [4.78, 5) is 17.6. The molecule has 0 unspecified atom stereocenters. The maximum atomic E-state index is 12.0. The number of benzene rings is 1. The van der Waals surface area contributed by atoms with E-state index in [0.29, 0.717) is 11.7 Å². The van der Waals surface area contributed by atoms with Crippen LogP contribution in [0.2, 0.25) is 5.02 Å². The summed E-state index contributed by atoms with van der Waals surface area (Å²) in [6.07, 6.45) is 3.86. The first-order chi connectivity index (χ1) is 9.54. The van der Waals surface area contributed by atoms with Crippen LogP contribution < -0.4 is 4.90 Å². The standard InChI is InChI=1S/C14H17ClN4O/c1-4-12-5-6-13(15)10(2)14(12)19(11(3)20)9-18-8-16-7-17-18/h5-8H,4,9H2,1-3H3. The van der Waals surface area contributed by atoms with Gasteiger partial charge in [-0.05, 0) is 30.5 Å². The Hall–Kier alpha value is -1.88. The summed E-state index contributed by atoms with van der Waals surface area (Å²) >= 11 is 6.20. The van der Waals surface area contributed by atoms with Gasteiger partial charge in [0.25, 0.3) is 0 Å². The molecule has 0 aliphatic rings. The maximum absolute atomic E-state index is 12.0. The zero-order valence-electron chi connectivity index (χ0n) is 11.8. The topological polar surface area (TPSA) is 51.0 Å². The van der Waals surface area contributed by atoms with Crippen LogP contribution in [0.15, 0.2) is 24.8 Å². The third-order valence-electron chi connectivity index (χ3n) is 3.23. The molecule has 1 heterocycles. The lowest BCUT2D eigenvalue weighted by Gasteiger charge is -2.26. The summed E-state index contributed by atoms with van der Waals surface area (Å²) in [5, 5.41) is 4.70. The van der Waals surface area contributed by atoms with Gasteiger partial charge in [-0.15, -0.1) is 0 Å². The first-order valence-corrected chi connectivity index (χ1v) is 6.80. The largest absolute Gasteiger partial charge is 0.292 e. The van der Waals surface area contributed by atoms with E-state index in [-0.39, 0.29) is 5.91 Å². The van der Waals surface area contributed by atoms with Crippen molar-refractivity contribution < 1.29 is 4.79 Å². The third kappa shape index (κ3) is 2.82. The van der Waals surface area contributed by atoms with Gasteiger partial charge in [0.05, 0.1) is 5.69 Å². The number of hydrogen-bond acceptors (Lipinski definition) is 3. The Morgan fingerprint density at radius 2 is 2.20 bits per heavy atom. The molecule has 0 spiro atoms. The number of nitrogens with zero attached hydrogens (tertiary/aromatic N) is 4. The average molecular weight is 293 g/mol. The van der Waals surface area contributed by atoms with Gasteiger partial charge in [0.2, 0.25) is 5.91 Å². The maximum Gasteiger partial charge on any atom is 0.225 e. The van der Waals surface area contributed by atoms with Gasteiger partial charge in [0.1, 0.15) is 19.3 Å². The summed E-state index contributed by atoms with van der Waals surface area (Å²) in [7, 11) is 0. The van der Waals surface area contributed by atoms with Gasteiger partial charge in [0.15, 0.2) is 0 Å². The normalized spacial score (nSPS) is 10.6. The fourth-order valence-corrected chi connectivity index (χ4v) is 2.32. The van der Waals surface area contributed by atoms with Crippen molar-refractivity contribution >= 4 is 23.2 Å². The molecule has 0 fully saturated rings. The number of hydrogen-bond donors (Lipinski definition) is 0. The molecule has 0 saturated heterocycles. The zero-order valence-corrected chi connectivity index (χ0v) is 12.6. The Labute approximate surface area is 123 Å². The fraction of sp³-hybridized carbons (Fsp3) is 0.357. The van der Waals surface area contributed by atoms with Gasteiger partial charge >= 0.3 is 0 Å². The number of anilines is 1. The highest BCUT2D eigenvalue weighted by Crippen LogP contribution is 2.31. The molecule has 5 nitrogen and oxygen atoms in total. The Morgan fingerprint density at radius 3 is 2.75 bits per heavy atom. The van der Waals surface area contributed by atoms with Crippen LogP contribution in [0.25, 0.3) is 0 Å². The van der Waals surface area contributed by atoms with Gasteiger partial charge < -0.3 is 0 Å². The number of rotatable bonds is 4. The lowest BCUT2D eigenvalue weighted by atomic mass is 10.0. The third-order valence-corrected chi connectivity index (χ3v) is 3.64. The highest BCUT2D eigenvalue weighted by Gasteiger charge is 2.19. The number of halogens is 1. The van der Waals surface area contributed by atoms with Gasteiger partial charge in [-0.3, -0.25) is 9.69 Å². The lowest BCUT2D eigenvalue weighted by molar-refractivity contribution is -0.117. The second-order valence-corrected chi connectivity index (χ2v) is 4.96. The Balaban J connectivity index is 2.49. The number of carbonyl (C=O) groups is 1. The van der Waals surface area contributed by atoms with E-state index in [0.717, 1.165) is 23.2 Å². The van der Waals surface area contributed by atoms with E-state index in [9.17, 15) is 4.79 Å². The van der Waals surface area contributed by atoms with E-state index < -0.39 is 0 Å². The average Bonchev–Trinajstić information content (AvgIpc) is 2.92. The molecule has 0 saturated carbocycles. The first kappa shape index (κ1) is 14.5. The van der Waals surface area contributed by atoms with Crippen molar-refractivity contribution in [1.29, 1.82) is 0 Å². The van der Waals surface area contributed by atoms with Crippen molar-refractivity contribution in [2.45, 2.75) is 33.9 Å². The highest BCUT2D eigenvalue weighted by atomic mass is 35.5. The van der Waals surface area contributed by atoms with Gasteiger partial charge in [-0.1, -0.05) is 24.6 Å². The summed E-state index contributed by atoms with van der Waals surface area (Å²) in [6.45, 7) is 5.84. The van der Waals surface area contributed by atoms with Crippen molar-refractivity contribution in [3.63, 3.8) is 0 Å². The minimum atomic E-state index is -0.0550. The molecule has 0 aliphatic carbocycles. The second-order valence-electron chi connectivity index (χ2n) is 4.56. The number of aromatic nitrogens is 3. The van der Waals surface area contributed by atoms with Crippen molar-refractivity contribution in [1.82, 2.24) is 14.8 Å². The molecule has 0 bridgehead atoms. The van der Waals surface area contributed by atoms with Crippen LogP contribution in [0.1, 0.15) is 25.0 Å².